The average Bonchev–Trinajstić information content (AvgIpc) is 3.46. The van der Waals surface area contributed by atoms with E-state index in [4.69, 9.17) is 0 Å². The van der Waals surface area contributed by atoms with Gasteiger partial charge in [0.2, 0.25) is 10.0 Å². The normalized spacial score (nSPS) is 13.9. The van der Waals surface area contributed by atoms with Crippen LogP contribution in [-0.2, 0) is 10.0 Å². The van der Waals surface area contributed by atoms with Gasteiger partial charge < -0.3 is 10.4 Å². The molecule has 0 aromatic heterocycles. The van der Waals surface area contributed by atoms with Crippen molar-refractivity contribution in [2.24, 2.45) is 0 Å². The maximum atomic E-state index is 14.0. The fraction of sp³-hybridized carbons (Fsp3) is 0.263. The standard InChI is InChI=1S/C19H19FN2O5S/c1-2-16(23)11-4-8-17(24)15(9-11)21-19(25)12-3-7-14(20)18(10-12)28(26,27)22-13-5-6-13/h3-4,7-10,13,22,24H,2,5-6H2,1H3,(H,21,25). The van der Waals surface area contributed by atoms with E-state index in [2.05, 4.69) is 10.0 Å². The first kappa shape index (κ1) is 20.0. The van der Waals surface area contributed by atoms with Crippen LogP contribution in [0.15, 0.2) is 41.3 Å². The second kappa shape index (κ2) is 7.69. The van der Waals surface area contributed by atoms with Crippen molar-refractivity contribution in [1.29, 1.82) is 0 Å². The van der Waals surface area contributed by atoms with Crippen molar-refractivity contribution < 1.29 is 27.5 Å². The van der Waals surface area contributed by atoms with Crippen molar-refractivity contribution >= 4 is 27.4 Å². The van der Waals surface area contributed by atoms with Crippen LogP contribution in [0.5, 0.6) is 5.75 Å². The van der Waals surface area contributed by atoms with Gasteiger partial charge in [0.25, 0.3) is 5.91 Å². The molecule has 1 aliphatic rings. The summed E-state index contributed by atoms with van der Waals surface area (Å²) in [4.78, 5) is 23.7. The number of Topliss-reactive ketones (excluding diaryl/α,β-unsaturated/α-hetero) is 1. The van der Waals surface area contributed by atoms with Crippen LogP contribution in [0.4, 0.5) is 10.1 Å². The first-order valence-corrected chi connectivity index (χ1v) is 10.2. The fourth-order valence-electron chi connectivity index (χ4n) is 2.54. The molecule has 1 fully saturated rings. The zero-order valence-corrected chi connectivity index (χ0v) is 15.8. The summed E-state index contributed by atoms with van der Waals surface area (Å²) in [6.45, 7) is 1.68. The molecule has 148 valence electrons. The lowest BCUT2D eigenvalue weighted by atomic mass is 10.1. The van der Waals surface area contributed by atoms with Gasteiger partial charge >= 0.3 is 0 Å². The van der Waals surface area contributed by atoms with Crippen LogP contribution in [0.25, 0.3) is 0 Å². The Balaban J connectivity index is 1.87. The predicted octanol–water partition coefficient (Wildman–Crippen LogP) is 2.82. The van der Waals surface area contributed by atoms with Gasteiger partial charge in [-0.3, -0.25) is 9.59 Å². The number of nitrogens with one attached hydrogen (secondary N) is 2. The highest BCUT2D eigenvalue weighted by Gasteiger charge is 2.30. The number of hydrogen-bond acceptors (Lipinski definition) is 5. The molecule has 3 N–H and O–H groups in total. The third kappa shape index (κ3) is 4.37. The SMILES string of the molecule is CCC(=O)c1ccc(O)c(NC(=O)c2ccc(F)c(S(=O)(=O)NC3CC3)c2)c1. The van der Waals surface area contributed by atoms with E-state index < -0.39 is 26.6 Å². The number of phenols is 1. The third-order valence-corrected chi connectivity index (χ3v) is 5.81. The Morgan fingerprint density at radius 3 is 2.46 bits per heavy atom. The van der Waals surface area contributed by atoms with Gasteiger partial charge in [0.1, 0.15) is 16.5 Å². The Kier molecular flexibility index (Phi) is 5.48. The quantitative estimate of drug-likeness (QED) is 0.483. The number of carbonyl (C=O) groups excluding carboxylic acids is 2. The molecule has 0 bridgehead atoms. The molecule has 0 aliphatic heterocycles. The van der Waals surface area contributed by atoms with Gasteiger partial charge in [0.15, 0.2) is 5.78 Å². The van der Waals surface area contributed by atoms with Crippen LogP contribution in [-0.4, -0.2) is 31.3 Å². The van der Waals surface area contributed by atoms with E-state index in [1.54, 1.807) is 6.92 Å². The molecule has 1 saturated carbocycles. The minimum atomic E-state index is -4.09. The summed E-state index contributed by atoms with van der Waals surface area (Å²) in [5.41, 5.74) is 0.199. The molecule has 0 spiro atoms. The lowest BCUT2D eigenvalue weighted by molar-refractivity contribution is 0.0985. The maximum absolute atomic E-state index is 14.0. The highest BCUT2D eigenvalue weighted by molar-refractivity contribution is 7.89. The van der Waals surface area contributed by atoms with Gasteiger partial charge in [-0.25, -0.2) is 17.5 Å². The van der Waals surface area contributed by atoms with Crippen LogP contribution >= 0.6 is 0 Å². The lowest BCUT2D eigenvalue weighted by Crippen LogP contribution is -2.27. The third-order valence-electron chi connectivity index (χ3n) is 4.27. The van der Waals surface area contributed by atoms with E-state index in [0.717, 1.165) is 18.2 Å². The van der Waals surface area contributed by atoms with Gasteiger partial charge in [-0.05, 0) is 49.2 Å². The second-order valence-electron chi connectivity index (χ2n) is 6.50. The van der Waals surface area contributed by atoms with Crippen molar-refractivity contribution in [3.8, 4) is 5.75 Å². The molecule has 1 amide bonds. The summed E-state index contributed by atoms with van der Waals surface area (Å²) in [6, 6.07) is 6.80. The molecule has 1 aliphatic carbocycles. The van der Waals surface area contributed by atoms with E-state index in [9.17, 15) is 27.5 Å². The predicted molar refractivity (Wildman–Crippen MR) is 100 cm³/mol. The summed E-state index contributed by atoms with van der Waals surface area (Å²) in [5, 5.41) is 12.3. The van der Waals surface area contributed by atoms with Crippen LogP contribution < -0.4 is 10.0 Å². The van der Waals surface area contributed by atoms with Gasteiger partial charge in [-0.1, -0.05) is 6.92 Å². The number of benzene rings is 2. The topological polar surface area (TPSA) is 113 Å². The van der Waals surface area contributed by atoms with Crippen LogP contribution in [0.2, 0.25) is 0 Å². The molecule has 0 unspecified atom stereocenters. The number of sulfonamides is 1. The number of phenolic OH excluding ortho intramolecular Hbond substituents is 1. The molecule has 3 rings (SSSR count). The fourth-order valence-corrected chi connectivity index (χ4v) is 3.95. The van der Waals surface area contributed by atoms with Crippen LogP contribution in [0.1, 0.15) is 46.9 Å². The van der Waals surface area contributed by atoms with Crippen molar-refractivity contribution in [2.45, 2.75) is 37.1 Å². The van der Waals surface area contributed by atoms with Crippen molar-refractivity contribution in [2.75, 3.05) is 5.32 Å². The monoisotopic (exact) mass is 406 g/mol. The summed E-state index contributed by atoms with van der Waals surface area (Å²) in [6.07, 6.45) is 1.63. The smallest absolute Gasteiger partial charge is 0.255 e. The lowest BCUT2D eigenvalue weighted by Gasteiger charge is -2.11. The summed E-state index contributed by atoms with van der Waals surface area (Å²) in [5.74, 6) is -2.15. The number of halogens is 1. The minimum Gasteiger partial charge on any atom is -0.506 e. The molecule has 9 heteroatoms. The zero-order valence-electron chi connectivity index (χ0n) is 15.0. The molecule has 2 aromatic rings. The van der Waals surface area contributed by atoms with Crippen molar-refractivity contribution in [1.82, 2.24) is 4.72 Å². The number of anilines is 1. The highest BCUT2D eigenvalue weighted by Crippen LogP contribution is 2.27. The van der Waals surface area contributed by atoms with Gasteiger partial charge in [0, 0.05) is 23.6 Å². The first-order chi connectivity index (χ1) is 13.2. The zero-order chi connectivity index (χ0) is 20.5. The number of hydrogen-bond donors (Lipinski definition) is 3. The average molecular weight is 406 g/mol. The molecule has 0 heterocycles. The summed E-state index contributed by atoms with van der Waals surface area (Å²) < 4.78 is 41.0. The Morgan fingerprint density at radius 2 is 1.82 bits per heavy atom. The Bertz CT molecular complexity index is 1050. The number of amides is 1. The van der Waals surface area contributed by atoms with Crippen molar-refractivity contribution in [3.05, 3.63) is 53.3 Å². The molecule has 2 aromatic carbocycles. The molecule has 0 atom stereocenters. The first-order valence-electron chi connectivity index (χ1n) is 8.70. The number of ketones is 1. The minimum absolute atomic E-state index is 0.00543. The van der Waals surface area contributed by atoms with Crippen LogP contribution in [0.3, 0.4) is 0 Å². The molecule has 0 radical (unpaired) electrons. The molecular formula is C19H19FN2O5S. The largest absolute Gasteiger partial charge is 0.506 e. The van der Waals surface area contributed by atoms with E-state index in [-0.39, 0.29) is 35.2 Å². The van der Waals surface area contributed by atoms with Gasteiger partial charge in [-0.15, -0.1) is 0 Å². The van der Waals surface area contributed by atoms with Gasteiger partial charge in [0.05, 0.1) is 5.69 Å². The molecule has 28 heavy (non-hydrogen) atoms. The molecule has 7 nitrogen and oxygen atoms in total. The van der Waals surface area contributed by atoms with E-state index in [1.165, 1.54) is 18.2 Å². The number of aromatic hydroxyl groups is 1. The van der Waals surface area contributed by atoms with Crippen molar-refractivity contribution in [3.63, 3.8) is 0 Å². The summed E-state index contributed by atoms with van der Waals surface area (Å²) in [7, 11) is -4.09. The highest BCUT2D eigenvalue weighted by atomic mass is 32.2. The van der Waals surface area contributed by atoms with E-state index in [1.807, 2.05) is 0 Å². The molecule has 0 saturated heterocycles. The Morgan fingerprint density at radius 1 is 1.14 bits per heavy atom. The number of rotatable bonds is 7. The number of carbonyl (C=O) groups is 2. The molecular weight excluding hydrogens is 387 g/mol. The van der Waals surface area contributed by atoms with Crippen LogP contribution in [0, 0.1) is 5.82 Å². The summed E-state index contributed by atoms with van der Waals surface area (Å²) >= 11 is 0. The van der Waals surface area contributed by atoms with E-state index in [0.29, 0.717) is 18.4 Å². The Labute approximate surface area is 161 Å². The van der Waals surface area contributed by atoms with E-state index >= 15 is 0 Å². The Hall–Kier alpha value is -2.78. The second-order valence-corrected chi connectivity index (χ2v) is 8.19. The van der Waals surface area contributed by atoms with Gasteiger partial charge in [-0.2, -0.15) is 0 Å². The maximum Gasteiger partial charge on any atom is 0.255 e.